The Bertz CT molecular complexity index is 551. The molecule has 1 aromatic rings. The lowest BCUT2D eigenvalue weighted by molar-refractivity contribution is 0.0702. The second kappa shape index (κ2) is 7.48. The number of carboxylic acids is 1. The number of thiophene rings is 1. The van der Waals surface area contributed by atoms with Gasteiger partial charge in [0.15, 0.2) is 5.11 Å². The largest absolute Gasteiger partial charge is 0.477 e. The number of nitrogens with one attached hydrogen (secondary N) is 2. The molecule has 6 nitrogen and oxygen atoms in total. The molecule has 3 N–H and O–H groups in total. The molecule has 1 aliphatic heterocycles. The summed E-state index contributed by atoms with van der Waals surface area (Å²) in [6, 6.07) is 3.30. The van der Waals surface area contributed by atoms with Gasteiger partial charge in [0.25, 0.3) is 0 Å². The zero-order valence-electron chi connectivity index (χ0n) is 11.6. The SMILES string of the molecule is C/C(=N/NC(=S)NC[C@H]1CCCO1)c1ccc(C(=O)O)s1. The van der Waals surface area contributed by atoms with Crippen LogP contribution in [0.25, 0.3) is 0 Å². The number of aromatic carboxylic acids is 1. The highest BCUT2D eigenvalue weighted by atomic mass is 32.1. The monoisotopic (exact) mass is 327 g/mol. The second-order valence-corrected chi connectivity index (χ2v) is 6.12. The Morgan fingerprint density at radius 2 is 2.33 bits per heavy atom. The van der Waals surface area contributed by atoms with E-state index in [2.05, 4.69) is 15.8 Å². The van der Waals surface area contributed by atoms with Crippen LogP contribution in [0.2, 0.25) is 0 Å². The van der Waals surface area contributed by atoms with Gasteiger partial charge in [-0.15, -0.1) is 11.3 Å². The smallest absolute Gasteiger partial charge is 0.345 e. The molecule has 0 bridgehead atoms. The fourth-order valence-corrected chi connectivity index (χ4v) is 2.81. The van der Waals surface area contributed by atoms with Crippen molar-refractivity contribution in [2.24, 2.45) is 5.10 Å². The molecule has 0 spiro atoms. The van der Waals surface area contributed by atoms with Crippen LogP contribution in [0.5, 0.6) is 0 Å². The first-order chi connectivity index (χ1) is 10.1. The lowest BCUT2D eigenvalue weighted by atomic mass is 10.2. The average Bonchev–Trinajstić information content (AvgIpc) is 3.12. The summed E-state index contributed by atoms with van der Waals surface area (Å²) < 4.78 is 5.48. The van der Waals surface area contributed by atoms with E-state index < -0.39 is 5.97 Å². The van der Waals surface area contributed by atoms with Gasteiger partial charge in [0, 0.05) is 13.2 Å². The van der Waals surface area contributed by atoms with Crippen LogP contribution in [0, 0.1) is 0 Å². The molecule has 0 aromatic carbocycles. The Balaban J connectivity index is 1.81. The summed E-state index contributed by atoms with van der Waals surface area (Å²) in [7, 11) is 0. The van der Waals surface area contributed by atoms with Crippen molar-refractivity contribution in [3.8, 4) is 0 Å². The molecule has 1 saturated heterocycles. The fraction of sp³-hybridized carbons (Fsp3) is 0.462. The average molecular weight is 327 g/mol. The van der Waals surface area contributed by atoms with E-state index in [-0.39, 0.29) is 6.10 Å². The molecule has 2 rings (SSSR count). The standard InChI is InChI=1S/C13H17N3O3S2/c1-8(10-4-5-11(21-10)12(17)18)15-16-13(20)14-7-9-3-2-6-19-9/h4-5,9H,2-3,6-7H2,1H3,(H,17,18)(H2,14,16,20)/b15-8-/t9-/m1/s1. The van der Waals surface area contributed by atoms with Crippen LogP contribution >= 0.6 is 23.6 Å². The maximum Gasteiger partial charge on any atom is 0.345 e. The maximum atomic E-state index is 10.8. The predicted molar refractivity (Wildman–Crippen MR) is 86.2 cm³/mol. The predicted octanol–water partition coefficient (Wildman–Crippen LogP) is 1.81. The minimum absolute atomic E-state index is 0.213. The first kappa shape index (κ1) is 15.9. The molecule has 2 heterocycles. The molecule has 1 aliphatic rings. The van der Waals surface area contributed by atoms with Crippen LogP contribution < -0.4 is 10.7 Å². The Hall–Kier alpha value is -1.51. The van der Waals surface area contributed by atoms with E-state index in [1.807, 2.05) is 0 Å². The van der Waals surface area contributed by atoms with Gasteiger partial charge in [-0.25, -0.2) is 4.79 Å². The molecule has 8 heteroatoms. The van der Waals surface area contributed by atoms with Gasteiger partial charge in [-0.3, -0.25) is 5.43 Å². The summed E-state index contributed by atoms with van der Waals surface area (Å²) in [4.78, 5) is 11.9. The van der Waals surface area contributed by atoms with Crippen LogP contribution in [-0.2, 0) is 4.74 Å². The molecule has 0 aliphatic carbocycles. The second-order valence-electron chi connectivity index (χ2n) is 4.62. The maximum absolute atomic E-state index is 10.8. The Morgan fingerprint density at radius 1 is 1.57 bits per heavy atom. The fourth-order valence-electron chi connectivity index (χ4n) is 1.89. The number of carbonyl (C=O) groups is 1. The van der Waals surface area contributed by atoms with Gasteiger partial charge in [-0.2, -0.15) is 5.10 Å². The van der Waals surface area contributed by atoms with E-state index in [1.165, 1.54) is 11.3 Å². The van der Waals surface area contributed by atoms with Gasteiger partial charge in [-0.05, 0) is 44.1 Å². The topological polar surface area (TPSA) is 83.0 Å². The van der Waals surface area contributed by atoms with Crippen molar-refractivity contribution in [1.29, 1.82) is 0 Å². The van der Waals surface area contributed by atoms with Gasteiger partial charge in [-0.1, -0.05) is 0 Å². The van der Waals surface area contributed by atoms with Gasteiger partial charge in [0.1, 0.15) is 4.88 Å². The molecule has 0 radical (unpaired) electrons. The molecule has 0 unspecified atom stereocenters. The van der Waals surface area contributed by atoms with Crippen LogP contribution in [0.4, 0.5) is 0 Å². The van der Waals surface area contributed by atoms with Crippen molar-refractivity contribution < 1.29 is 14.6 Å². The highest BCUT2D eigenvalue weighted by Gasteiger charge is 2.15. The third-order valence-electron chi connectivity index (χ3n) is 3.01. The van der Waals surface area contributed by atoms with Crippen molar-refractivity contribution in [3.05, 3.63) is 21.9 Å². The summed E-state index contributed by atoms with van der Waals surface area (Å²) >= 11 is 6.31. The van der Waals surface area contributed by atoms with Gasteiger partial charge >= 0.3 is 5.97 Å². The van der Waals surface area contributed by atoms with Crippen molar-refractivity contribution in [3.63, 3.8) is 0 Å². The number of ether oxygens (including phenoxy) is 1. The number of carboxylic acid groups (broad SMARTS) is 1. The van der Waals surface area contributed by atoms with Crippen molar-refractivity contribution in [1.82, 2.24) is 10.7 Å². The number of hydrogen-bond donors (Lipinski definition) is 3. The van der Waals surface area contributed by atoms with Crippen molar-refractivity contribution in [2.75, 3.05) is 13.2 Å². The number of nitrogens with zero attached hydrogens (tertiary/aromatic N) is 1. The Morgan fingerprint density at radius 3 is 2.95 bits per heavy atom. The van der Waals surface area contributed by atoms with Crippen LogP contribution in [0.1, 0.15) is 34.3 Å². The molecular weight excluding hydrogens is 310 g/mol. The molecule has 0 amide bonds. The summed E-state index contributed by atoms with van der Waals surface area (Å²) in [5, 5.41) is 16.5. The summed E-state index contributed by atoms with van der Waals surface area (Å²) in [5.74, 6) is -0.930. The van der Waals surface area contributed by atoms with Gasteiger partial charge in [0.2, 0.25) is 0 Å². The molecule has 1 aromatic heterocycles. The zero-order chi connectivity index (χ0) is 15.2. The van der Waals surface area contributed by atoms with Crippen LogP contribution in [0.15, 0.2) is 17.2 Å². The third-order valence-corrected chi connectivity index (χ3v) is 4.43. The summed E-state index contributed by atoms with van der Waals surface area (Å²) in [6.45, 7) is 3.28. The normalized spacial score (nSPS) is 18.5. The van der Waals surface area contributed by atoms with E-state index in [0.717, 1.165) is 24.3 Å². The van der Waals surface area contributed by atoms with Crippen LogP contribution in [0.3, 0.4) is 0 Å². The third kappa shape index (κ3) is 4.76. The van der Waals surface area contributed by atoms with Crippen LogP contribution in [-0.4, -0.2) is 41.2 Å². The van der Waals surface area contributed by atoms with Crippen molar-refractivity contribution in [2.45, 2.75) is 25.9 Å². The van der Waals surface area contributed by atoms with E-state index in [1.54, 1.807) is 19.1 Å². The van der Waals surface area contributed by atoms with E-state index in [4.69, 9.17) is 22.1 Å². The molecular formula is C13H17N3O3S2. The first-order valence-electron chi connectivity index (χ1n) is 6.59. The Kier molecular flexibility index (Phi) is 5.66. The van der Waals surface area contributed by atoms with Crippen molar-refractivity contribution >= 4 is 40.3 Å². The molecule has 21 heavy (non-hydrogen) atoms. The number of rotatable bonds is 5. The quantitative estimate of drug-likeness (QED) is 0.435. The zero-order valence-corrected chi connectivity index (χ0v) is 13.2. The minimum atomic E-state index is -0.930. The summed E-state index contributed by atoms with van der Waals surface area (Å²) in [5.41, 5.74) is 3.44. The Labute approximate surface area is 132 Å². The molecule has 1 fully saturated rings. The first-order valence-corrected chi connectivity index (χ1v) is 7.82. The molecule has 1 atom stereocenters. The number of thiocarbonyl (C=S) groups is 1. The minimum Gasteiger partial charge on any atom is -0.477 e. The highest BCUT2D eigenvalue weighted by Crippen LogP contribution is 2.17. The molecule has 114 valence electrons. The molecule has 0 saturated carbocycles. The van der Waals surface area contributed by atoms with Gasteiger partial charge < -0.3 is 15.2 Å². The number of hydrogen-bond acceptors (Lipinski definition) is 5. The van der Waals surface area contributed by atoms with E-state index >= 15 is 0 Å². The highest BCUT2D eigenvalue weighted by molar-refractivity contribution is 7.80. The van der Waals surface area contributed by atoms with E-state index in [0.29, 0.717) is 22.2 Å². The summed E-state index contributed by atoms with van der Waals surface area (Å²) in [6.07, 6.45) is 2.35. The van der Waals surface area contributed by atoms with Gasteiger partial charge in [0.05, 0.1) is 16.7 Å². The lowest BCUT2D eigenvalue weighted by Crippen LogP contribution is -2.37. The number of hydrazone groups is 1. The van der Waals surface area contributed by atoms with E-state index in [9.17, 15) is 4.79 Å². The lowest BCUT2D eigenvalue weighted by Gasteiger charge is -2.12.